The highest BCUT2D eigenvalue weighted by Gasteiger charge is 2.26. The summed E-state index contributed by atoms with van der Waals surface area (Å²) in [5.74, 6) is -2.14. The molecule has 0 unspecified atom stereocenters. The average molecular weight is 394 g/mol. The third kappa shape index (κ3) is 3.95. The van der Waals surface area contributed by atoms with Crippen LogP contribution in [0.15, 0.2) is 10.5 Å². The second kappa shape index (κ2) is 8.34. The number of aromatic hydroxyl groups is 1. The SMILES string of the molecule is C[C@@H](c1c(O)c(Br)cc(F)c1F)N1CCNCC1.Cl.Cl. The quantitative estimate of drug-likeness (QED) is 0.757. The fraction of sp³-hybridized carbons (Fsp3) is 0.500. The zero-order valence-corrected chi connectivity index (χ0v) is 14.0. The molecule has 1 saturated heterocycles. The number of hydrogen-bond acceptors (Lipinski definition) is 3. The van der Waals surface area contributed by atoms with E-state index in [0.29, 0.717) is 0 Å². The molecule has 0 aliphatic carbocycles. The van der Waals surface area contributed by atoms with Crippen LogP contribution >= 0.6 is 40.7 Å². The van der Waals surface area contributed by atoms with Crippen molar-refractivity contribution in [1.82, 2.24) is 10.2 Å². The maximum Gasteiger partial charge on any atom is 0.167 e. The van der Waals surface area contributed by atoms with Crippen LogP contribution in [0.3, 0.4) is 0 Å². The third-order valence-electron chi connectivity index (χ3n) is 3.30. The maximum atomic E-state index is 13.8. The van der Waals surface area contributed by atoms with E-state index in [2.05, 4.69) is 21.2 Å². The molecule has 0 saturated carbocycles. The van der Waals surface area contributed by atoms with Gasteiger partial charge in [0, 0.05) is 32.2 Å². The normalized spacial score (nSPS) is 17.0. The van der Waals surface area contributed by atoms with E-state index < -0.39 is 11.6 Å². The Morgan fingerprint density at radius 2 is 1.85 bits per heavy atom. The number of halogens is 5. The summed E-state index contributed by atoms with van der Waals surface area (Å²) >= 11 is 3.04. The maximum absolute atomic E-state index is 13.8. The van der Waals surface area contributed by atoms with E-state index >= 15 is 0 Å². The van der Waals surface area contributed by atoms with E-state index in [0.717, 1.165) is 32.2 Å². The molecule has 0 aromatic heterocycles. The summed E-state index contributed by atoms with van der Waals surface area (Å²) in [5, 5.41) is 13.1. The molecule has 1 heterocycles. The van der Waals surface area contributed by atoms with Crippen molar-refractivity contribution >= 4 is 40.7 Å². The Balaban J connectivity index is 0.00000180. The molecule has 0 spiro atoms. The van der Waals surface area contributed by atoms with Gasteiger partial charge in [-0.15, -0.1) is 24.8 Å². The predicted molar refractivity (Wildman–Crippen MR) is 83.1 cm³/mol. The number of benzene rings is 1. The van der Waals surface area contributed by atoms with E-state index in [-0.39, 0.29) is 46.6 Å². The van der Waals surface area contributed by atoms with Crippen LogP contribution in [0.5, 0.6) is 5.75 Å². The van der Waals surface area contributed by atoms with Crippen molar-refractivity contribution < 1.29 is 13.9 Å². The zero-order valence-electron chi connectivity index (χ0n) is 10.8. The Labute approximate surface area is 137 Å². The average Bonchev–Trinajstić information content (AvgIpc) is 2.37. The van der Waals surface area contributed by atoms with E-state index in [9.17, 15) is 13.9 Å². The van der Waals surface area contributed by atoms with Crippen LogP contribution < -0.4 is 5.32 Å². The fourth-order valence-corrected chi connectivity index (χ4v) is 2.65. The van der Waals surface area contributed by atoms with E-state index in [1.165, 1.54) is 0 Å². The summed E-state index contributed by atoms with van der Waals surface area (Å²) in [6.07, 6.45) is 0. The molecule has 2 rings (SSSR count). The van der Waals surface area contributed by atoms with Crippen LogP contribution in [0, 0.1) is 11.6 Å². The molecular formula is C12H17BrCl2F2N2O. The van der Waals surface area contributed by atoms with Gasteiger partial charge in [-0.2, -0.15) is 0 Å². The largest absolute Gasteiger partial charge is 0.506 e. The van der Waals surface area contributed by atoms with Gasteiger partial charge in [0.05, 0.1) is 10.0 Å². The fourth-order valence-electron chi connectivity index (χ4n) is 2.24. The molecule has 1 aromatic carbocycles. The molecule has 1 aromatic rings. The van der Waals surface area contributed by atoms with Gasteiger partial charge in [0.2, 0.25) is 0 Å². The lowest BCUT2D eigenvalue weighted by molar-refractivity contribution is 0.178. The molecule has 1 aliphatic heterocycles. The van der Waals surface area contributed by atoms with Crippen molar-refractivity contribution in [3.8, 4) is 5.75 Å². The second-order valence-electron chi connectivity index (χ2n) is 4.38. The number of hydrogen-bond donors (Lipinski definition) is 2. The summed E-state index contributed by atoms with van der Waals surface area (Å²) in [4.78, 5) is 2.01. The Morgan fingerprint density at radius 1 is 1.30 bits per heavy atom. The Morgan fingerprint density at radius 3 is 2.40 bits per heavy atom. The van der Waals surface area contributed by atoms with E-state index in [1.807, 2.05) is 4.90 Å². The molecular weight excluding hydrogens is 377 g/mol. The summed E-state index contributed by atoms with van der Waals surface area (Å²) in [5.41, 5.74) is 0.0174. The van der Waals surface area contributed by atoms with Gasteiger partial charge < -0.3 is 10.4 Å². The van der Waals surface area contributed by atoms with Gasteiger partial charge in [-0.3, -0.25) is 4.90 Å². The third-order valence-corrected chi connectivity index (χ3v) is 3.90. The van der Waals surface area contributed by atoms with Crippen LogP contribution in [0.2, 0.25) is 0 Å². The molecule has 1 aliphatic rings. The van der Waals surface area contributed by atoms with Gasteiger partial charge in [-0.05, 0) is 28.9 Å². The van der Waals surface area contributed by atoms with Crippen molar-refractivity contribution in [2.75, 3.05) is 26.2 Å². The van der Waals surface area contributed by atoms with Crippen LogP contribution in [-0.2, 0) is 0 Å². The van der Waals surface area contributed by atoms with E-state index in [4.69, 9.17) is 0 Å². The number of piperazine rings is 1. The topological polar surface area (TPSA) is 35.5 Å². The minimum Gasteiger partial charge on any atom is -0.506 e. The highest BCUT2D eigenvalue weighted by Crippen LogP contribution is 2.37. The molecule has 0 amide bonds. The summed E-state index contributed by atoms with van der Waals surface area (Å²) in [6.45, 7) is 4.88. The lowest BCUT2D eigenvalue weighted by atomic mass is 10.0. The van der Waals surface area contributed by atoms with Gasteiger partial charge in [0.25, 0.3) is 0 Å². The molecule has 116 valence electrons. The van der Waals surface area contributed by atoms with Gasteiger partial charge in [0.1, 0.15) is 5.75 Å². The molecule has 3 nitrogen and oxygen atoms in total. The molecule has 20 heavy (non-hydrogen) atoms. The first-order valence-corrected chi connectivity index (χ1v) is 6.62. The van der Waals surface area contributed by atoms with Gasteiger partial charge in [-0.25, -0.2) is 8.78 Å². The number of nitrogens with one attached hydrogen (secondary N) is 1. The molecule has 0 radical (unpaired) electrons. The minimum absolute atomic E-state index is 0. The van der Waals surface area contributed by atoms with Crippen LogP contribution in [-0.4, -0.2) is 36.2 Å². The van der Waals surface area contributed by atoms with Crippen molar-refractivity contribution in [2.45, 2.75) is 13.0 Å². The van der Waals surface area contributed by atoms with Gasteiger partial charge in [-0.1, -0.05) is 0 Å². The molecule has 8 heteroatoms. The minimum atomic E-state index is -0.971. The Kier molecular flexibility index (Phi) is 8.28. The number of phenolic OH excluding ortho intramolecular Hbond substituents is 1. The van der Waals surface area contributed by atoms with Crippen LogP contribution in [0.1, 0.15) is 18.5 Å². The van der Waals surface area contributed by atoms with Crippen LogP contribution in [0.4, 0.5) is 8.78 Å². The molecule has 0 bridgehead atoms. The Bertz CT molecular complexity index is 433. The van der Waals surface area contributed by atoms with Gasteiger partial charge >= 0.3 is 0 Å². The van der Waals surface area contributed by atoms with Crippen molar-refractivity contribution in [1.29, 1.82) is 0 Å². The van der Waals surface area contributed by atoms with E-state index in [1.54, 1.807) is 6.92 Å². The van der Waals surface area contributed by atoms with Crippen molar-refractivity contribution in [2.24, 2.45) is 0 Å². The summed E-state index contributed by atoms with van der Waals surface area (Å²) in [7, 11) is 0. The summed E-state index contributed by atoms with van der Waals surface area (Å²) in [6, 6.07) is 0.581. The predicted octanol–water partition coefficient (Wildman–Crippen LogP) is 3.24. The second-order valence-corrected chi connectivity index (χ2v) is 5.23. The first-order chi connectivity index (χ1) is 8.52. The molecule has 1 atom stereocenters. The summed E-state index contributed by atoms with van der Waals surface area (Å²) < 4.78 is 27.4. The lowest BCUT2D eigenvalue weighted by Gasteiger charge is -2.33. The standard InChI is InChI=1S/C12H15BrF2N2O.2ClH/c1-7(17-4-2-16-3-5-17)10-11(15)9(14)6-8(13)12(10)18;;/h6-7,16,18H,2-5H2,1H3;2*1H/t7-;;/m0../s1. The monoisotopic (exact) mass is 392 g/mol. The number of phenols is 1. The van der Waals surface area contributed by atoms with Gasteiger partial charge in [0.15, 0.2) is 11.6 Å². The highest BCUT2D eigenvalue weighted by molar-refractivity contribution is 9.10. The van der Waals surface area contributed by atoms with Crippen molar-refractivity contribution in [3.05, 3.63) is 27.7 Å². The first kappa shape index (κ1) is 19.9. The number of rotatable bonds is 2. The first-order valence-electron chi connectivity index (χ1n) is 5.83. The zero-order chi connectivity index (χ0) is 13.3. The Hall–Kier alpha value is -0.140. The van der Waals surface area contributed by atoms with Crippen molar-refractivity contribution in [3.63, 3.8) is 0 Å². The van der Waals surface area contributed by atoms with Crippen LogP contribution in [0.25, 0.3) is 0 Å². The molecule has 2 N–H and O–H groups in total. The number of nitrogens with zero attached hydrogens (tertiary/aromatic N) is 1. The lowest BCUT2D eigenvalue weighted by Crippen LogP contribution is -2.44. The highest BCUT2D eigenvalue weighted by atomic mass is 79.9. The smallest absolute Gasteiger partial charge is 0.167 e. The molecule has 1 fully saturated rings.